The highest BCUT2D eigenvalue weighted by Gasteiger charge is 2.34. The fourth-order valence-electron chi connectivity index (χ4n) is 5.02. The van der Waals surface area contributed by atoms with Crippen molar-refractivity contribution in [2.24, 2.45) is 4.99 Å². The Kier molecular flexibility index (Phi) is 6.11. The molecular weight excluding hydrogens is 494 g/mol. The van der Waals surface area contributed by atoms with E-state index in [9.17, 15) is 9.59 Å². The number of furan rings is 1. The van der Waals surface area contributed by atoms with Gasteiger partial charge in [0.25, 0.3) is 5.56 Å². The number of thiazole rings is 1. The van der Waals surface area contributed by atoms with Crippen molar-refractivity contribution in [3.05, 3.63) is 72.6 Å². The molecule has 0 amide bonds. The quantitative estimate of drug-likeness (QED) is 0.476. The number of carbonyl (C=O) groups is 1. The van der Waals surface area contributed by atoms with Crippen molar-refractivity contribution < 1.29 is 23.4 Å². The molecule has 37 heavy (non-hydrogen) atoms. The molecule has 1 aromatic carbocycles. The minimum atomic E-state index is -0.715. The highest BCUT2D eigenvalue weighted by Crippen LogP contribution is 2.38. The molecule has 0 unspecified atom stereocenters. The van der Waals surface area contributed by atoms with Crippen LogP contribution >= 0.6 is 11.3 Å². The van der Waals surface area contributed by atoms with Crippen LogP contribution in [0.5, 0.6) is 11.5 Å². The molecule has 192 valence electrons. The van der Waals surface area contributed by atoms with Crippen molar-refractivity contribution in [1.29, 1.82) is 0 Å². The van der Waals surface area contributed by atoms with E-state index in [2.05, 4.69) is 9.89 Å². The highest BCUT2D eigenvalue weighted by atomic mass is 32.1. The third-order valence-electron chi connectivity index (χ3n) is 6.78. The van der Waals surface area contributed by atoms with Crippen molar-refractivity contribution in [2.75, 3.05) is 31.4 Å². The van der Waals surface area contributed by atoms with Gasteiger partial charge in [0.15, 0.2) is 22.2 Å². The van der Waals surface area contributed by atoms with Crippen LogP contribution in [0.25, 0.3) is 6.08 Å². The highest BCUT2D eigenvalue weighted by molar-refractivity contribution is 7.07. The molecule has 0 aliphatic carbocycles. The number of hydrogen-bond donors (Lipinski definition) is 0. The summed E-state index contributed by atoms with van der Waals surface area (Å²) in [4.78, 5) is 34.2. The monoisotopic (exact) mass is 521 g/mol. The molecule has 3 aliphatic rings. The van der Waals surface area contributed by atoms with Gasteiger partial charge < -0.3 is 23.5 Å². The van der Waals surface area contributed by atoms with Crippen molar-refractivity contribution in [2.45, 2.75) is 39.2 Å². The van der Waals surface area contributed by atoms with Crippen molar-refractivity contribution >= 4 is 29.3 Å². The lowest BCUT2D eigenvalue weighted by molar-refractivity contribution is -0.139. The van der Waals surface area contributed by atoms with Gasteiger partial charge in [-0.15, -0.1) is 0 Å². The number of anilines is 1. The zero-order valence-electron chi connectivity index (χ0n) is 20.7. The molecule has 0 bridgehead atoms. The number of piperidine rings is 1. The number of fused-ring (bicyclic) bond motifs is 2. The van der Waals surface area contributed by atoms with Gasteiger partial charge in [0.1, 0.15) is 5.76 Å². The molecule has 1 atom stereocenters. The lowest BCUT2D eigenvalue weighted by Crippen LogP contribution is -2.39. The van der Waals surface area contributed by atoms with E-state index < -0.39 is 12.0 Å². The molecule has 3 aromatic rings. The molecule has 0 radical (unpaired) electrons. The Labute approximate surface area is 216 Å². The fraction of sp³-hybridized carbons (Fsp3) is 0.370. The topological polar surface area (TPSA) is 95.5 Å². The summed E-state index contributed by atoms with van der Waals surface area (Å²) in [5, 5.41) is 0. The number of ether oxygens (including phenoxy) is 3. The normalized spacial score (nSPS) is 19.1. The minimum Gasteiger partial charge on any atom is -0.463 e. The van der Waals surface area contributed by atoms with E-state index in [1.807, 2.05) is 18.2 Å². The predicted molar refractivity (Wildman–Crippen MR) is 138 cm³/mol. The van der Waals surface area contributed by atoms with Gasteiger partial charge in [0.05, 0.1) is 28.5 Å². The van der Waals surface area contributed by atoms with Gasteiger partial charge in [-0.1, -0.05) is 17.4 Å². The van der Waals surface area contributed by atoms with E-state index >= 15 is 0 Å². The Morgan fingerprint density at radius 3 is 2.78 bits per heavy atom. The van der Waals surface area contributed by atoms with E-state index in [4.69, 9.17) is 18.6 Å². The fourth-order valence-corrected chi connectivity index (χ4v) is 6.05. The van der Waals surface area contributed by atoms with Crippen molar-refractivity contribution in [1.82, 2.24) is 4.57 Å². The number of aromatic nitrogens is 1. The van der Waals surface area contributed by atoms with Gasteiger partial charge in [0, 0.05) is 25.2 Å². The molecular formula is C27H27N3O6S. The van der Waals surface area contributed by atoms with Crippen LogP contribution in [0, 0.1) is 0 Å². The Hall–Kier alpha value is -3.79. The van der Waals surface area contributed by atoms with Crippen LogP contribution in [0.1, 0.15) is 50.5 Å². The van der Waals surface area contributed by atoms with E-state index in [0.29, 0.717) is 43.4 Å². The first-order valence-electron chi connectivity index (χ1n) is 12.5. The maximum atomic E-state index is 13.8. The first-order valence-corrected chi connectivity index (χ1v) is 13.3. The molecule has 0 saturated carbocycles. The Morgan fingerprint density at radius 2 is 1.97 bits per heavy atom. The predicted octanol–water partition coefficient (Wildman–Crippen LogP) is 3.11. The first-order chi connectivity index (χ1) is 18.0. The summed E-state index contributed by atoms with van der Waals surface area (Å²) in [6.45, 7) is 5.80. The number of nitrogens with zero attached hydrogens (tertiary/aromatic N) is 3. The van der Waals surface area contributed by atoms with E-state index in [1.54, 1.807) is 36.6 Å². The number of esters is 1. The van der Waals surface area contributed by atoms with Crippen molar-refractivity contribution in [3.8, 4) is 11.5 Å². The molecule has 0 spiro atoms. The summed E-state index contributed by atoms with van der Waals surface area (Å²) >= 11 is 1.27. The maximum absolute atomic E-state index is 13.8. The van der Waals surface area contributed by atoms with Crippen LogP contribution in [-0.4, -0.2) is 37.0 Å². The number of benzene rings is 1. The van der Waals surface area contributed by atoms with E-state index in [-0.39, 0.29) is 19.0 Å². The third kappa shape index (κ3) is 4.25. The number of carbonyl (C=O) groups excluding carboxylic acids is 1. The SMILES string of the molecule is CCOC(=O)C1=C(C)N=c2s/c(=C/c3ccc(N4CCCCC4)o3)c(=O)n2[C@H]1c1ccc2c(c1)OCO2. The molecule has 1 fully saturated rings. The number of allylic oxidation sites excluding steroid dienone is 1. The van der Waals surface area contributed by atoms with Gasteiger partial charge in [-0.05, 0) is 56.9 Å². The van der Waals surface area contributed by atoms with Gasteiger partial charge >= 0.3 is 5.97 Å². The summed E-state index contributed by atoms with van der Waals surface area (Å²) in [6.07, 6.45) is 5.29. The molecule has 5 heterocycles. The standard InChI is InChI=1S/C27H27N3O6S/c1-3-33-26(32)23-16(2)28-27-30(24(23)17-7-9-19-20(13-17)35-15-34-19)25(31)21(37-27)14-18-8-10-22(36-18)29-11-5-4-6-12-29/h7-10,13-14,24H,3-6,11-12,15H2,1-2H3/b21-14+/t24-/m0/s1. The van der Waals surface area contributed by atoms with Gasteiger partial charge in [-0.25, -0.2) is 9.79 Å². The van der Waals surface area contributed by atoms with Gasteiger partial charge in [-0.2, -0.15) is 0 Å². The van der Waals surface area contributed by atoms with Crippen LogP contribution < -0.4 is 29.3 Å². The molecule has 9 nitrogen and oxygen atoms in total. The average Bonchev–Trinajstić information content (AvgIpc) is 3.63. The van der Waals surface area contributed by atoms with Crippen molar-refractivity contribution in [3.63, 3.8) is 0 Å². The summed E-state index contributed by atoms with van der Waals surface area (Å²) in [6, 6.07) is 8.55. The molecule has 0 N–H and O–H groups in total. The Morgan fingerprint density at radius 1 is 1.16 bits per heavy atom. The summed E-state index contributed by atoms with van der Waals surface area (Å²) in [5.41, 5.74) is 1.29. The van der Waals surface area contributed by atoms with Crippen LogP contribution in [0.3, 0.4) is 0 Å². The van der Waals surface area contributed by atoms with Crippen LogP contribution in [0.2, 0.25) is 0 Å². The Balaban J connectivity index is 1.45. The molecule has 1 saturated heterocycles. The average molecular weight is 522 g/mol. The van der Waals surface area contributed by atoms with Gasteiger partial charge in [0.2, 0.25) is 6.79 Å². The van der Waals surface area contributed by atoms with Crippen LogP contribution in [0.4, 0.5) is 5.88 Å². The van der Waals surface area contributed by atoms with Crippen LogP contribution in [0.15, 0.2) is 55.8 Å². The molecule has 6 rings (SSSR count). The van der Waals surface area contributed by atoms with E-state index in [1.165, 1.54) is 17.8 Å². The largest absolute Gasteiger partial charge is 0.463 e. The maximum Gasteiger partial charge on any atom is 0.338 e. The van der Waals surface area contributed by atoms with Gasteiger partial charge in [-0.3, -0.25) is 9.36 Å². The third-order valence-corrected chi connectivity index (χ3v) is 7.77. The van der Waals surface area contributed by atoms with Crippen LogP contribution in [-0.2, 0) is 9.53 Å². The zero-order chi connectivity index (χ0) is 25.5. The molecule has 10 heteroatoms. The lowest BCUT2D eigenvalue weighted by Gasteiger charge is -2.25. The van der Waals surface area contributed by atoms with E-state index in [0.717, 1.165) is 31.8 Å². The number of rotatable bonds is 5. The smallest absolute Gasteiger partial charge is 0.338 e. The lowest BCUT2D eigenvalue weighted by atomic mass is 9.95. The first kappa shape index (κ1) is 23.6. The molecule has 3 aliphatic heterocycles. The Bertz CT molecular complexity index is 1570. The number of hydrogen-bond acceptors (Lipinski definition) is 9. The summed E-state index contributed by atoms with van der Waals surface area (Å²) in [5.74, 6) is 2.11. The zero-order valence-corrected chi connectivity index (χ0v) is 21.5. The molecule has 2 aromatic heterocycles. The second-order valence-electron chi connectivity index (χ2n) is 9.14. The minimum absolute atomic E-state index is 0.129. The second kappa shape index (κ2) is 9.59. The summed E-state index contributed by atoms with van der Waals surface area (Å²) in [7, 11) is 0. The summed E-state index contributed by atoms with van der Waals surface area (Å²) < 4.78 is 24.5. The second-order valence-corrected chi connectivity index (χ2v) is 10.1.